The van der Waals surface area contributed by atoms with Crippen molar-refractivity contribution < 1.29 is 5.11 Å². The summed E-state index contributed by atoms with van der Waals surface area (Å²) < 4.78 is 0. The molecule has 154 valence electrons. The summed E-state index contributed by atoms with van der Waals surface area (Å²) in [5, 5.41) is 19.2. The first-order valence-corrected chi connectivity index (χ1v) is 10.8. The molecule has 3 rings (SSSR count). The first-order valence-electron chi connectivity index (χ1n) is 9.88. The zero-order chi connectivity index (χ0) is 19.0. The summed E-state index contributed by atoms with van der Waals surface area (Å²) in [7, 11) is 0. The van der Waals surface area contributed by atoms with Gasteiger partial charge in [-0.3, -0.25) is 9.98 Å². The maximum atomic E-state index is 10.4. The van der Waals surface area contributed by atoms with Gasteiger partial charge >= 0.3 is 0 Å². The third-order valence-corrected chi connectivity index (χ3v) is 6.41. The van der Waals surface area contributed by atoms with E-state index >= 15 is 0 Å². The zero-order valence-corrected chi connectivity index (χ0v) is 19.6. The molecule has 0 aromatic carbocycles. The first-order chi connectivity index (χ1) is 13.2. The van der Waals surface area contributed by atoms with Crippen molar-refractivity contribution in [2.75, 3.05) is 19.6 Å². The summed E-state index contributed by atoms with van der Waals surface area (Å²) in [5.41, 5.74) is 1.02. The van der Waals surface area contributed by atoms with Gasteiger partial charge in [-0.25, -0.2) is 0 Å². The predicted octanol–water partition coefficient (Wildman–Crippen LogP) is 4.25. The SMILES string of the molecule is CCNC(=NCC1(c2cccs2)CCCCC1)NCC(O)c1ccncc1.I. The van der Waals surface area contributed by atoms with Gasteiger partial charge in [-0.05, 0) is 48.9 Å². The highest BCUT2D eigenvalue weighted by Crippen LogP contribution is 2.41. The van der Waals surface area contributed by atoms with E-state index < -0.39 is 6.10 Å². The van der Waals surface area contributed by atoms with E-state index in [1.807, 2.05) is 23.5 Å². The molecule has 0 saturated heterocycles. The van der Waals surface area contributed by atoms with E-state index in [-0.39, 0.29) is 29.4 Å². The van der Waals surface area contributed by atoms with E-state index in [2.05, 4.69) is 40.1 Å². The fourth-order valence-electron chi connectivity index (χ4n) is 3.76. The molecule has 1 aliphatic carbocycles. The van der Waals surface area contributed by atoms with Gasteiger partial charge in [-0.2, -0.15) is 0 Å². The number of pyridine rings is 1. The van der Waals surface area contributed by atoms with Crippen LogP contribution < -0.4 is 10.6 Å². The van der Waals surface area contributed by atoms with Crippen molar-refractivity contribution in [2.24, 2.45) is 4.99 Å². The summed E-state index contributed by atoms with van der Waals surface area (Å²) in [4.78, 5) is 10.4. The normalized spacial score (nSPS) is 17.4. The van der Waals surface area contributed by atoms with Gasteiger partial charge in [0.25, 0.3) is 0 Å². The number of thiophene rings is 1. The van der Waals surface area contributed by atoms with E-state index in [1.165, 1.54) is 37.0 Å². The Bertz CT molecular complexity index is 702. The molecule has 0 radical (unpaired) electrons. The molecule has 1 saturated carbocycles. The van der Waals surface area contributed by atoms with Crippen LogP contribution >= 0.6 is 35.3 Å². The van der Waals surface area contributed by atoms with Crippen molar-refractivity contribution >= 4 is 41.3 Å². The fraction of sp³-hybridized carbons (Fsp3) is 0.524. The Balaban J connectivity index is 0.00000280. The molecule has 0 amide bonds. The van der Waals surface area contributed by atoms with Gasteiger partial charge in [0.1, 0.15) is 0 Å². The first kappa shape index (κ1) is 23.1. The van der Waals surface area contributed by atoms with Gasteiger partial charge in [-0.15, -0.1) is 35.3 Å². The number of aliphatic hydroxyl groups excluding tert-OH is 1. The average Bonchev–Trinajstić information content (AvgIpc) is 3.27. The van der Waals surface area contributed by atoms with E-state index in [1.54, 1.807) is 12.4 Å². The Labute approximate surface area is 189 Å². The van der Waals surface area contributed by atoms with Crippen LogP contribution in [0, 0.1) is 0 Å². The smallest absolute Gasteiger partial charge is 0.191 e. The van der Waals surface area contributed by atoms with E-state index in [9.17, 15) is 5.11 Å². The van der Waals surface area contributed by atoms with Crippen molar-refractivity contribution in [1.29, 1.82) is 0 Å². The van der Waals surface area contributed by atoms with Crippen LogP contribution in [-0.4, -0.2) is 35.7 Å². The van der Waals surface area contributed by atoms with Crippen molar-refractivity contribution in [3.8, 4) is 0 Å². The standard InChI is InChI=1S/C21H30N4OS.HI/c1-2-23-20(24-15-18(26)17-8-12-22-13-9-17)25-16-21(10-4-3-5-11-21)19-7-6-14-27-19;/h6-9,12-14,18,26H,2-5,10-11,15-16H2,1H3,(H2,23,24,25);1H. The number of nitrogens with one attached hydrogen (secondary N) is 2. The molecule has 1 aliphatic rings. The van der Waals surface area contributed by atoms with Gasteiger partial charge in [-0.1, -0.05) is 25.3 Å². The predicted molar refractivity (Wildman–Crippen MR) is 128 cm³/mol. The average molecular weight is 514 g/mol. The van der Waals surface area contributed by atoms with Crippen molar-refractivity contribution in [2.45, 2.75) is 50.5 Å². The number of halogens is 1. The molecule has 1 fully saturated rings. The quantitative estimate of drug-likeness (QED) is 0.294. The van der Waals surface area contributed by atoms with E-state index in [0.29, 0.717) is 6.54 Å². The largest absolute Gasteiger partial charge is 0.387 e. The number of rotatable bonds is 7. The minimum absolute atomic E-state index is 0. The fourth-order valence-corrected chi connectivity index (χ4v) is 4.74. The molecule has 1 unspecified atom stereocenters. The molecule has 0 bridgehead atoms. The third-order valence-electron chi connectivity index (χ3n) is 5.29. The summed E-state index contributed by atoms with van der Waals surface area (Å²) in [6, 6.07) is 8.09. The molecule has 7 heteroatoms. The molecule has 0 spiro atoms. The van der Waals surface area contributed by atoms with Crippen molar-refractivity contribution in [3.05, 3.63) is 52.5 Å². The summed E-state index contributed by atoms with van der Waals surface area (Å²) >= 11 is 1.85. The highest BCUT2D eigenvalue weighted by atomic mass is 127. The molecule has 2 aromatic rings. The Morgan fingerprint density at radius 1 is 1.21 bits per heavy atom. The molecule has 5 nitrogen and oxygen atoms in total. The second kappa shape index (κ2) is 11.7. The number of aliphatic hydroxyl groups is 1. The minimum Gasteiger partial charge on any atom is -0.387 e. The Morgan fingerprint density at radius 3 is 2.61 bits per heavy atom. The van der Waals surface area contributed by atoms with Gasteiger partial charge in [0, 0.05) is 35.8 Å². The highest BCUT2D eigenvalue weighted by Gasteiger charge is 2.34. The molecule has 1 atom stereocenters. The number of aliphatic imine (C=N–C) groups is 1. The van der Waals surface area contributed by atoms with Gasteiger partial charge in [0.15, 0.2) is 5.96 Å². The van der Waals surface area contributed by atoms with Crippen LogP contribution in [0.15, 0.2) is 47.0 Å². The topological polar surface area (TPSA) is 69.5 Å². The lowest BCUT2D eigenvalue weighted by Gasteiger charge is -2.35. The Kier molecular flexibility index (Phi) is 9.67. The van der Waals surface area contributed by atoms with Gasteiger partial charge < -0.3 is 15.7 Å². The molecule has 2 heterocycles. The summed E-state index contributed by atoms with van der Waals surface area (Å²) in [6.07, 6.45) is 9.10. The van der Waals surface area contributed by atoms with Crippen molar-refractivity contribution in [1.82, 2.24) is 15.6 Å². The Hall–Kier alpha value is -1.19. The van der Waals surface area contributed by atoms with Crippen LogP contribution in [0.5, 0.6) is 0 Å². The van der Waals surface area contributed by atoms with Crippen LogP contribution in [0.2, 0.25) is 0 Å². The maximum Gasteiger partial charge on any atom is 0.191 e. The lowest BCUT2D eigenvalue weighted by Crippen LogP contribution is -2.41. The van der Waals surface area contributed by atoms with Crippen LogP contribution in [0.3, 0.4) is 0 Å². The molecular formula is C21H31IN4OS. The molecule has 0 aliphatic heterocycles. The third kappa shape index (κ3) is 6.15. The monoisotopic (exact) mass is 514 g/mol. The number of nitrogens with zero attached hydrogens (tertiary/aromatic N) is 2. The second-order valence-electron chi connectivity index (χ2n) is 7.19. The number of hydrogen-bond acceptors (Lipinski definition) is 4. The zero-order valence-electron chi connectivity index (χ0n) is 16.4. The van der Waals surface area contributed by atoms with Gasteiger partial charge in [0.2, 0.25) is 0 Å². The van der Waals surface area contributed by atoms with Crippen molar-refractivity contribution in [3.63, 3.8) is 0 Å². The maximum absolute atomic E-state index is 10.4. The lowest BCUT2D eigenvalue weighted by molar-refractivity contribution is 0.180. The van der Waals surface area contributed by atoms with E-state index in [0.717, 1.165) is 24.6 Å². The van der Waals surface area contributed by atoms with Crippen LogP contribution in [0.1, 0.15) is 55.6 Å². The molecule has 3 N–H and O–H groups in total. The van der Waals surface area contributed by atoms with Crippen LogP contribution in [0.4, 0.5) is 0 Å². The molecule has 28 heavy (non-hydrogen) atoms. The molecular weight excluding hydrogens is 483 g/mol. The van der Waals surface area contributed by atoms with Crippen LogP contribution in [0.25, 0.3) is 0 Å². The van der Waals surface area contributed by atoms with E-state index in [4.69, 9.17) is 4.99 Å². The number of hydrogen-bond donors (Lipinski definition) is 3. The lowest BCUT2D eigenvalue weighted by atomic mass is 9.73. The molecule has 2 aromatic heterocycles. The Morgan fingerprint density at radius 2 is 1.96 bits per heavy atom. The second-order valence-corrected chi connectivity index (χ2v) is 8.14. The minimum atomic E-state index is -0.585. The van der Waals surface area contributed by atoms with Gasteiger partial charge in [0.05, 0.1) is 12.6 Å². The summed E-state index contributed by atoms with van der Waals surface area (Å²) in [5.74, 6) is 0.770. The summed E-state index contributed by atoms with van der Waals surface area (Å²) in [6.45, 7) is 4.06. The van der Waals surface area contributed by atoms with Crippen LogP contribution in [-0.2, 0) is 5.41 Å². The number of guanidine groups is 1. The number of aromatic nitrogens is 1. The highest BCUT2D eigenvalue weighted by molar-refractivity contribution is 14.0.